The largest absolute Gasteiger partial charge is 0.265 e. The Kier molecular flexibility index (Phi) is 3.20. The average Bonchev–Trinajstić information content (AvgIpc) is 3.03. The highest BCUT2D eigenvalue weighted by molar-refractivity contribution is 5.77. The number of fused-ring (bicyclic) bond motifs is 3. The molecule has 0 saturated heterocycles. The van der Waals surface area contributed by atoms with E-state index in [1.54, 1.807) is 0 Å². The van der Waals surface area contributed by atoms with Crippen molar-refractivity contribution >= 4 is 0 Å². The first kappa shape index (κ1) is 14.1. The van der Waals surface area contributed by atoms with Gasteiger partial charge in [-0.05, 0) is 34.4 Å². The van der Waals surface area contributed by atoms with Crippen LogP contribution in [-0.2, 0) is 0 Å². The lowest BCUT2D eigenvalue weighted by atomic mass is 10.0. The second-order valence-electron chi connectivity index (χ2n) is 6.35. The fourth-order valence-electron chi connectivity index (χ4n) is 3.80. The molecule has 4 aromatic rings. The van der Waals surface area contributed by atoms with Gasteiger partial charge >= 0.3 is 0 Å². The second-order valence-corrected chi connectivity index (χ2v) is 6.35. The zero-order chi connectivity index (χ0) is 16.6. The van der Waals surface area contributed by atoms with Crippen LogP contribution in [0.2, 0.25) is 0 Å². The van der Waals surface area contributed by atoms with Gasteiger partial charge in [0.2, 0.25) is 6.04 Å². The van der Waals surface area contributed by atoms with Gasteiger partial charge in [0.05, 0.1) is 0 Å². The van der Waals surface area contributed by atoms with Crippen LogP contribution in [0.15, 0.2) is 97.6 Å². The highest BCUT2D eigenvalue weighted by Gasteiger charge is 2.34. The van der Waals surface area contributed by atoms with Gasteiger partial charge in [-0.25, -0.2) is 0 Å². The average molecular weight is 321 g/mol. The summed E-state index contributed by atoms with van der Waals surface area (Å²) in [6.45, 7) is 0. The number of benzene rings is 2. The van der Waals surface area contributed by atoms with Crippen LogP contribution < -0.4 is 4.57 Å². The second kappa shape index (κ2) is 5.67. The maximum Gasteiger partial charge on any atom is 0.210 e. The summed E-state index contributed by atoms with van der Waals surface area (Å²) in [6, 6.07) is 26.1. The van der Waals surface area contributed by atoms with Gasteiger partial charge in [-0.3, -0.25) is 4.98 Å². The number of hydrogen-bond donors (Lipinski definition) is 0. The minimum absolute atomic E-state index is 0.235. The van der Waals surface area contributed by atoms with Crippen LogP contribution in [0.3, 0.4) is 0 Å². The normalized spacial score (nSPS) is 12.6. The highest BCUT2D eigenvalue weighted by atomic mass is 15.0. The third-order valence-electron chi connectivity index (χ3n) is 4.97. The topological polar surface area (TPSA) is 16.8 Å². The fourth-order valence-corrected chi connectivity index (χ4v) is 3.80. The molecule has 0 aliphatic heterocycles. The Balaban J connectivity index is 1.62. The lowest BCUT2D eigenvalue weighted by molar-refractivity contribution is -0.704. The van der Waals surface area contributed by atoms with Gasteiger partial charge < -0.3 is 0 Å². The number of hydrogen-bond acceptors (Lipinski definition) is 1. The van der Waals surface area contributed by atoms with E-state index in [0.29, 0.717) is 0 Å². The van der Waals surface area contributed by atoms with Gasteiger partial charge in [0.15, 0.2) is 12.4 Å². The van der Waals surface area contributed by atoms with Crippen LogP contribution in [0.4, 0.5) is 0 Å². The van der Waals surface area contributed by atoms with Crippen molar-refractivity contribution in [3.8, 4) is 22.3 Å². The molecule has 0 amide bonds. The Morgan fingerprint density at radius 2 is 1.12 bits per heavy atom. The molecular formula is C23H17N2+. The van der Waals surface area contributed by atoms with Crippen molar-refractivity contribution < 1.29 is 4.57 Å². The van der Waals surface area contributed by atoms with Crippen LogP contribution in [-0.4, -0.2) is 4.98 Å². The van der Waals surface area contributed by atoms with E-state index in [4.69, 9.17) is 0 Å². The summed E-state index contributed by atoms with van der Waals surface area (Å²) in [7, 11) is 0. The summed E-state index contributed by atoms with van der Waals surface area (Å²) >= 11 is 0. The van der Waals surface area contributed by atoms with Crippen molar-refractivity contribution in [2.75, 3.05) is 0 Å². The molecule has 0 spiro atoms. The Bertz CT molecular complexity index is 991. The zero-order valence-corrected chi connectivity index (χ0v) is 13.7. The number of aromatic nitrogens is 2. The minimum Gasteiger partial charge on any atom is -0.265 e. The van der Waals surface area contributed by atoms with E-state index in [9.17, 15) is 0 Å². The molecule has 2 aromatic heterocycles. The van der Waals surface area contributed by atoms with E-state index in [1.165, 1.54) is 33.4 Å². The molecular weight excluding hydrogens is 304 g/mol. The molecule has 2 heteroatoms. The summed E-state index contributed by atoms with van der Waals surface area (Å²) in [5, 5.41) is 0. The maximum absolute atomic E-state index is 4.10. The predicted molar refractivity (Wildman–Crippen MR) is 99.0 cm³/mol. The van der Waals surface area contributed by atoms with E-state index in [2.05, 4.69) is 82.6 Å². The van der Waals surface area contributed by atoms with Crippen molar-refractivity contribution in [2.24, 2.45) is 0 Å². The van der Waals surface area contributed by atoms with E-state index in [1.807, 2.05) is 24.5 Å². The Morgan fingerprint density at radius 1 is 0.600 bits per heavy atom. The third kappa shape index (κ3) is 2.26. The van der Waals surface area contributed by atoms with E-state index in [-0.39, 0.29) is 6.04 Å². The Morgan fingerprint density at radius 3 is 1.72 bits per heavy atom. The minimum atomic E-state index is 0.235. The molecule has 118 valence electrons. The molecule has 1 aliphatic rings. The van der Waals surface area contributed by atoms with Gasteiger partial charge in [-0.1, -0.05) is 48.5 Å². The van der Waals surface area contributed by atoms with Crippen molar-refractivity contribution in [3.05, 3.63) is 109 Å². The number of pyridine rings is 2. The standard InChI is InChI=1S/C23H17N2/c1-3-7-21-19(5-1)20-6-2-4-8-22(20)23(21)25-15-11-18(12-16-25)17-9-13-24-14-10-17/h1-16,23H/q+1. The van der Waals surface area contributed by atoms with Gasteiger partial charge in [0, 0.05) is 35.7 Å². The fraction of sp³-hybridized carbons (Fsp3) is 0.0435. The number of nitrogens with zero attached hydrogens (tertiary/aromatic N) is 2. The van der Waals surface area contributed by atoms with Crippen LogP contribution in [0.5, 0.6) is 0 Å². The molecule has 5 rings (SSSR count). The molecule has 0 bridgehead atoms. The van der Waals surface area contributed by atoms with E-state index in [0.717, 1.165) is 0 Å². The maximum atomic E-state index is 4.10. The summed E-state index contributed by atoms with van der Waals surface area (Å²) in [6.07, 6.45) is 8.03. The first-order valence-electron chi connectivity index (χ1n) is 8.51. The van der Waals surface area contributed by atoms with Gasteiger partial charge in [-0.2, -0.15) is 4.57 Å². The smallest absolute Gasteiger partial charge is 0.210 e. The third-order valence-corrected chi connectivity index (χ3v) is 4.97. The summed E-state index contributed by atoms with van der Waals surface area (Å²) < 4.78 is 2.30. The van der Waals surface area contributed by atoms with Gasteiger partial charge in [-0.15, -0.1) is 0 Å². The molecule has 0 N–H and O–H groups in total. The molecule has 0 atom stereocenters. The van der Waals surface area contributed by atoms with Crippen molar-refractivity contribution in [1.82, 2.24) is 4.98 Å². The summed E-state index contributed by atoms with van der Waals surface area (Å²) in [5.74, 6) is 0. The lowest BCUT2D eigenvalue weighted by Crippen LogP contribution is -2.38. The van der Waals surface area contributed by atoms with E-state index < -0.39 is 0 Å². The quantitative estimate of drug-likeness (QED) is 0.432. The van der Waals surface area contributed by atoms with Crippen molar-refractivity contribution in [1.29, 1.82) is 0 Å². The molecule has 2 aromatic carbocycles. The predicted octanol–water partition coefficient (Wildman–Crippen LogP) is 4.65. The molecule has 0 fully saturated rings. The molecule has 0 radical (unpaired) electrons. The zero-order valence-electron chi connectivity index (χ0n) is 13.7. The van der Waals surface area contributed by atoms with Crippen LogP contribution >= 0.6 is 0 Å². The SMILES string of the molecule is c1ccc2c(c1)-c1ccccc1C2[n+]1ccc(-c2ccncc2)cc1. The number of rotatable bonds is 2. The highest BCUT2D eigenvalue weighted by Crippen LogP contribution is 2.42. The van der Waals surface area contributed by atoms with Crippen LogP contribution in [0, 0.1) is 0 Å². The van der Waals surface area contributed by atoms with Gasteiger partial charge in [0.25, 0.3) is 0 Å². The van der Waals surface area contributed by atoms with Crippen LogP contribution in [0.1, 0.15) is 17.2 Å². The first-order chi connectivity index (χ1) is 12.4. The molecule has 25 heavy (non-hydrogen) atoms. The Labute approximate surface area is 147 Å². The lowest BCUT2D eigenvalue weighted by Gasteiger charge is -2.09. The summed E-state index contributed by atoms with van der Waals surface area (Å²) in [4.78, 5) is 4.10. The van der Waals surface area contributed by atoms with Crippen molar-refractivity contribution in [2.45, 2.75) is 6.04 Å². The molecule has 2 heterocycles. The molecule has 0 unspecified atom stereocenters. The molecule has 2 nitrogen and oxygen atoms in total. The summed E-state index contributed by atoms with van der Waals surface area (Å²) in [5.41, 5.74) is 7.81. The molecule has 0 saturated carbocycles. The Hall–Kier alpha value is -3.26. The van der Waals surface area contributed by atoms with Crippen LogP contribution in [0.25, 0.3) is 22.3 Å². The first-order valence-corrected chi connectivity index (χ1v) is 8.51. The molecule has 1 aliphatic carbocycles. The monoisotopic (exact) mass is 321 g/mol. The van der Waals surface area contributed by atoms with Crippen molar-refractivity contribution in [3.63, 3.8) is 0 Å². The van der Waals surface area contributed by atoms with E-state index >= 15 is 0 Å². The van der Waals surface area contributed by atoms with Gasteiger partial charge in [0.1, 0.15) is 0 Å².